The van der Waals surface area contributed by atoms with E-state index < -0.39 is 0 Å². The first-order valence-corrected chi connectivity index (χ1v) is 7.52. The van der Waals surface area contributed by atoms with E-state index in [0.29, 0.717) is 22.3 Å². The Bertz CT molecular complexity index is 286. The lowest BCUT2D eigenvalue weighted by atomic mass is 10.0. The fraction of sp³-hybridized carbons (Fsp3) is 0.923. The van der Waals surface area contributed by atoms with E-state index in [0.717, 1.165) is 24.9 Å². The van der Waals surface area contributed by atoms with Gasteiger partial charge in [0.05, 0.1) is 0 Å². The van der Waals surface area contributed by atoms with Crippen molar-refractivity contribution in [1.82, 2.24) is 4.90 Å². The molecule has 4 unspecified atom stereocenters. The van der Waals surface area contributed by atoms with Gasteiger partial charge in [0.25, 0.3) is 0 Å². The second-order valence-corrected chi connectivity index (χ2v) is 7.81. The first-order chi connectivity index (χ1) is 7.63. The molecule has 1 heterocycles. The van der Waals surface area contributed by atoms with E-state index in [1.807, 2.05) is 11.8 Å². The van der Waals surface area contributed by atoms with Crippen LogP contribution in [-0.2, 0) is 4.79 Å². The van der Waals surface area contributed by atoms with Crippen LogP contribution in [0.4, 0.5) is 0 Å². The van der Waals surface area contributed by atoms with Crippen LogP contribution in [0, 0.1) is 17.8 Å². The summed E-state index contributed by atoms with van der Waals surface area (Å²) in [4.78, 5) is 14.5. The first-order valence-electron chi connectivity index (χ1n) is 6.57. The molecule has 0 bridgehead atoms. The van der Waals surface area contributed by atoms with Crippen molar-refractivity contribution in [2.45, 2.75) is 43.6 Å². The fourth-order valence-electron chi connectivity index (χ4n) is 3.53. The lowest BCUT2D eigenvalue weighted by Crippen LogP contribution is -2.46. The molecule has 0 aromatic heterocycles. The van der Waals surface area contributed by atoms with E-state index in [9.17, 15) is 4.79 Å². The quantitative estimate of drug-likeness (QED) is 0.700. The Kier molecular flexibility index (Phi) is 2.69. The Hall–Kier alpha value is -0.180. The number of rotatable bonds is 1. The van der Waals surface area contributed by atoms with Crippen molar-refractivity contribution >= 4 is 17.7 Å². The Morgan fingerprint density at radius 1 is 1.06 bits per heavy atom. The summed E-state index contributed by atoms with van der Waals surface area (Å²) >= 11 is 2.02. The predicted molar refractivity (Wildman–Crippen MR) is 67.4 cm³/mol. The monoisotopic (exact) mass is 239 g/mol. The van der Waals surface area contributed by atoms with E-state index >= 15 is 0 Å². The first kappa shape index (κ1) is 10.9. The molecule has 0 spiro atoms. The number of nitrogens with zero attached hydrogens (tertiary/aromatic N) is 1. The van der Waals surface area contributed by atoms with Gasteiger partial charge < -0.3 is 4.90 Å². The van der Waals surface area contributed by atoms with Gasteiger partial charge in [-0.2, -0.15) is 11.8 Å². The topological polar surface area (TPSA) is 20.3 Å². The van der Waals surface area contributed by atoms with Gasteiger partial charge in [0.2, 0.25) is 5.91 Å². The number of hydrogen-bond acceptors (Lipinski definition) is 2. The van der Waals surface area contributed by atoms with Gasteiger partial charge in [-0.1, -0.05) is 13.8 Å². The summed E-state index contributed by atoms with van der Waals surface area (Å²) < 4.78 is 0. The molecule has 1 saturated heterocycles. The van der Waals surface area contributed by atoms with Crippen LogP contribution in [0.3, 0.4) is 0 Å². The largest absolute Gasteiger partial charge is 0.340 e. The Balaban J connectivity index is 1.61. The summed E-state index contributed by atoms with van der Waals surface area (Å²) in [5, 5.41) is 1.23. The van der Waals surface area contributed by atoms with Crippen LogP contribution in [0.15, 0.2) is 0 Å². The van der Waals surface area contributed by atoms with Crippen LogP contribution in [-0.4, -0.2) is 34.4 Å². The average molecular weight is 239 g/mol. The van der Waals surface area contributed by atoms with Gasteiger partial charge in [0.15, 0.2) is 0 Å². The zero-order valence-electron chi connectivity index (χ0n) is 10.2. The summed E-state index contributed by atoms with van der Waals surface area (Å²) in [6.45, 7) is 6.43. The molecule has 1 amide bonds. The van der Waals surface area contributed by atoms with Crippen molar-refractivity contribution in [2.75, 3.05) is 13.1 Å². The standard InChI is InChI=1S/C13H21NOS/c1-8-6-14(7-9(2)16-8)13(15)12-4-10-3-11(10)5-12/h8-12H,3-7H2,1-2H3. The van der Waals surface area contributed by atoms with E-state index in [-0.39, 0.29) is 0 Å². The summed E-state index contributed by atoms with van der Waals surface area (Å²) in [7, 11) is 0. The maximum Gasteiger partial charge on any atom is 0.225 e. The minimum atomic E-state index is 0.381. The van der Waals surface area contributed by atoms with Gasteiger partial charge in [0, 0.05) is 29.5 Å². The SMILES string of the molecule is CC1CN(C(=O)C2CC3CC3C2)CC(C)S1. The van der Waals surface area contributed by atoms with Crippen molar-refractivity contribution in [1.29, 1.82) is 0 Å². The summed E-state index contributed by atoms with van der Waals surface area (Å²) in [6, 6.07) is 0. The highest BCUT2D eigenvalue weighted by atomic mass is 32.2. The molecule has 3 heteroatoms. The molecule has 3 aliphatic rings. The molecular weight excluding hydrogens is 218 g/mol. The maximum absolute atomic E-state index is 12.4. The van der Waals surface area contributed by atoms with Crippen molar-refractivity contribution in [3.05, 3.63) is 0 Å². The average Bonchev–Trinajstić information content (AvgIpc) is 2.83. The Morgan fingerprint density at radius 2 is 1.62 bits per heavy atom. The molecule has 1 aliphatic heterocycles. The van der Waals surface area contributed by atoms with Gasteiger partial charge in [-0.15, -0.1) is 0 Å². The van der Waals surface area contributed by atoms with Gasteiger partial charge >= 0.3 is 0 Å². The highest BCUT2D eigenvalue weighted by molar-refractivity contribution is 8.00. The van der Waals surface area contributed by atoms with Crippen LogP contribution < -0.4 is 0 Å². The predicted octanol–water partition coefficient (Wildman–Crippen LogP) is 2.38. The van der Waals surface area contributed by atoms with Gasteiger partial charge in [-0.25, -0.2) is 0 Å². The molecule has 0 aromatic rings. The minimum absolute atomic E-state index is 0.381. The third-order valence-electron chi connectivity index (χ3n) is 4.32. The fourth-order valence-corrected chi connectivity index (χ4v) is 4.86. The third kappa shape index (κ3) is 1.99. The molecule has 2 aliphatic carbocycles. The number of carbonyl (C=O) groups is 1. The number of carbonyl (C=O) groups excluding carboxylic acids is 1. The van der Waals surface area contributed by atoms with Crippen LogP contribution >= 0.6 is 11.8 Å². The lowest BCUT2D eigenvalue weighted by molar-refractivity contribution is -0.135. The van der Waals surface area contributed by atoms with Crippen molar-refractivity contribution in [3.8, 4) is 0 Å². The lowest BCUT2D eigenvalue weighted by Gasteiger charge is -2.36. The molecule has 0 N–H and O–H groups in total. The van der Waals surface area contributed by atoms with Crippen LogP contribution in [0.1, 0.15) is 33.1 Å². The van der Waals surface area contributed by atoms with Gasteiger partial charge in [0.1, 0.15) is 0 Å². The zero-order chi connectivity index (χ0) is 11.3. The minimum Gasteiger partial charge on any atom is -0.340 e. The Labute approximate surface area is 102 Å². The number of thioether (sulfide) groups is 1. The van der Waals surface area contributed by atoms with E-state index in [1.165, 1.54) is 19.3 Å². The second kappa shape index (κ2) is 3.94. The molecule has 2 nitrogen and oxygen atoms in total. The Morgan fingerprint density at radius 3 is 2.19 bits per heavy atom. The van der Waals surface area contributed by atoms with Crippen molar-refractivity contribution < 1.29 is 4.79 Å². The second-order valence-electron chi connectivity index (χ2n) is 5.92. The van der Waals surface area contributed by atoms with E-state index in [1.54, 1.807) is 0 Å². The highest BCUT2D eigenvalue weighted by Crippen LogP contribution is 2.54. The number of fused-ring (bicyclic) bond motifs is 1. The van der Waals surface area contributed by atoms with E-state index in [4.69, 9.17) is 0 Å². The van der Waals surface area contributed by atoms with Crippen molar-refractivity contribution in [3.63, 3.8) is 0 Å². The van der Waals surface area contributed by atoms with Crippen LogP contribution in [0.2, 0.25) is 0 Å². The summed E-state index contributed by atoms with van der Waals surface area (Å²) in [5.41, 5.74) is 0. The smallest absolute Gasteiger partial charge is 0.225 e. The van der Waals surface area contributed by atoms with Gasteiger partial charge in [-0.3, -0.25) is 4.79 Å². The van der Waals surface area contributed by atoms with Crippen LogP contribution in [0.25, 0.3) is 0 Å². The third-order valence-corrected chi connectivity index (χ3v) is 5.55. The molecule has 90 valence electrons. The number of amides is 1. The molecule has 0 radical (unpaired) electrons. The normalized spacial score (nSPS) is 46.6. The molecule has 2 saturated carbocycles. The molecule has 0 aromatic carbocycles. The zero-order valence-corrected chi connectivity index (χ0v) is 11.0. The highest BCUT2D eigenvalue weighted by Gasteiger charge is 2.49. The maximum atomic E-state index is 12.4. The summed E-state index contributed by atoms with van der Waals surface area (Å²) in [5.74, 6) is 2.68. The van der Waals surface area contributed by atoms with E-state index in [2.05, 4.69) is 18.7 Å². The molecule has 3 rings (SSSR count). The molecule has 4 atom stereocenters. The molecule has 16 heavy (non-hydrogen) atoms. The molecule has 3 fully saturated rings. The van der Waals surface area contributed by atoms with Crippen molar-refractivity contribution in [2.24, 2.45) is 17.8 Å². The molecular formula is C13H21NOS. The summed E-state index contributed by atoms with van der Waals surface area (Å²) in [6.07, 6.45) is 3.79. The number of hydrogen-bond donors (Lipinski definition) is 0. The van der Waals surface area contributed by atoms with Crippen LogP contribution in [0.5, 0.6) is 0 Å². The van der Waals surface area contributed by atoms with Gasteiger partial charge in [-0.05, 0) is 31.1 Å².